The Kier molecular flexibility index (Phi) is 2.77. The number of hydrogen-bond donors (Lipinski definition) is 3. The molecule has 0 aromatic carbocycles. The summed E-state index contributed by atoms with van der Waals surface area (Å²) in [5.74, 6) is -0.145. The fourth-order valence-electron chi connectivity index (χ4n) is 1.55. The summed E-state index contributed by atoms with van der Waals surface area (Å²) in [4.78, 5) is 29.0. The van der Waals surface area contributed by atoms with Crippen LogP contribution in [-0.2, 0) is 4.79 Å². The molecular formula is C9H12N4O2. The van der Waals surface area contributed by atoms with Crippen LogP contribution in [0.4, 0.5) is 5.82 Å². The molecule has 2 rings (SSSR count). The van der Waals surface area contributed by atoms with Crippen molar-refractivity contribution in [2.24, 2.45) is 0 Å². The molecule has 80 valence electrons. The first-order valence-electron chi connectivity index (χ1n) is 4.85. The van der Waals surface area contributed by atoms with E-state index in [2.05, 4.69) is 20.6 Å². The zero-order valence-corrected chi connectivity index (χ0v) is 8.12. The zero-order valence-electron chi connectivity index (χ0n) is 8.12. The van der Waals surface area contributed by atoms with Crippen molar-refractivity contribution < 1.29 is 4.79 Å². The number of anilines is 1. The monoisotopic (exact) mass is 208 g/mol. The highest BCUT2D eigenvalue weighted by atomic mass is 16.2. The van der Waals surface area contributed by atoms with Gasteiger partial charge in [-0.05, 0) is 19.4 Å². The second kappa shape index (κ2) is 4.22. The number of aromatic nitrogens is 2. The lowest BCUT2D eigenvalue weighted by atomic mass is 10.2. The van der Waals surface area contributed by atoms with Crippen LogP contribution in [-0.4, -0.2) is 28.5 Å². The van der Waals surface area contributed by atoms with Crippen LogP contribution in [0.3, 0.4) is 0 Å². The Morgan fingerprint density at radius 3 is 3.13 bits per heavy atom. The van der Waals surface area contributed by atoms with Crippen LogP contribution in [0.1, 0.15) is 12.8 Å². The van der Waals surface area contributed by atoms with Gasteiger partial charge in [0.1, 0.15) is 0 Å². The second-order valence-corrected chi connectivity index (χ2v) is 3.41. The molecule has 1 amide bonds. The van der Waals surface area contributed by atoms with Gasteiger partial charge in [0.05, 0.1) is 6.04 Å². The lowest BCUT2D eigenvalue weighted by molar-refractivity contribution is -0.117. The quantitative estimate of drug-likeness (QED) is 0.609. The standard InChI is InChI=1S/C9H12N4O2/c14-8(6-2-1-3-10-6)13-7-9(15)12-5-4-11-7/h4-6,10H,1-3H2,(H,12,15)(H,11,13,14). The second-order valence-electron chi connectivity index (χ2n) is 3.41. The van der Waals surface area contributed by atoms with E-state index in [9.17, 15) is 9.59 Å². The molecule has 1 saturated heterocycles. The average molecular weight is 208 g/mol. The molecule has 1 aliphatic heterocycles. The van der Waals surface area contributed by atoms with Crippen molar-refractivity contribution in [3.63, 3.8) is 0 Å². The van der Waals surface area contributed by atoms with Gasteiger partial charge in [0.2, 0.25) is 5.91 Å². The molecule has 1 aromatic rings. The van der Waals surface area contributed by atoms with E-state index in [1.165, 1.54) is 12.4 Å². The van der Waals surface area contributed by atoms with E-state index in [-0.39, 0.29) is 23.3 Å². The highest BCUT2D eigenvalue weighted by Gasteiger charge is 2.22. The van der Waals surface area contributed by atoms with Crippen molar-refractivity contribution in [3.8, 4) is 0 Å². The van der Waals surface area contributed by atoms with Crippen molar-refractivity contribution >= 4 is 11.7 Å². The van der Waals surface area contributed by atoms with Crippen LogP contribution in [0, 0.1) is 0 Å². The number of nitrogens with zero attached hydrogens (tertiary/aromatic N) is 1. The van der Waals surface area contributed by atoms with Gasteiger partial charge >= 0.3 is 0 Å². The van der Waals surface area contributed by atoms with Crippen LogP contribution >= 0.6 is 0 Å². The molecule has 0 radical (unpaired) electrons. The van der Waals surface area contributed by atoms with E-state index in [4.69, 9.17) is 0 Å². The van der Waals surface area contributed by atoms with E-state index >= 15 is 0 Å². The smallest absolute Gasteiger partial charge is 0.291 e. The van der Waals surface area contributed by atoms with E-state index in [1.807, 2.05) is 0 Å². The molecule has 1 unspecified atom stereocenters. The minimum atomic E-state index is -0.385. The molecule has 3 N–H and O–H groups in total. The summed E-state index contributed by atoms with van der Waals surface area (Å²) < 4.78 is 0. The van der Waals surface area contributed by atoms with Crippen molar-refractivity contribution in [1.82, 2.24) is 15.3 Å². The summed E-state index contributed by atoms with van der Waals surface area (Å²) in [6, 6.07) is -0.202. The van der Waals surface area contributed by atoms with Gasteiger partial charge in [-0.1, -0.05) is 0 Å². The van der Waals surface area contributed by atoms with Crippen molar-refractivity contribution in [1.29, 1.82) is 0 Å². The Morgan fingerprint density at radius 2 is 2.47 bits per heavy atom. The number of rotatable bonds is 2. The van der Waals surface area contributed by atoms with Gasteiger partial charge in [-0.2, -0.15) is 0 Å². The molecule has 0 aliphatic carbocycles. The maximum atomic E-state index is 11.6. The summed E-state index contributed by atoms with van der Waals surface area (Å²) in [5, 5.41) is 5.54. The van der Waals surface area contributed by atoms with Crippen LogP contribution in [0.2, 0.25) is 0 Å². The molecule has 1 aliphatic rings. The molecule has 1 fully saturated rings. The van der Waals surface area contributed by atoms with E-state index in [0.717, 1.165) is 19.4 Å². The third-order valence-corrected chi connectivity index (χ3v) is 2.33. The normalized spacial score (nSPS) is 20.1. The van der Waals surface area contributed by atoms with Gasteiger partial charge in [0.15, 0.2) is 5.82 Å². The zero-order chi connectivity index (χ0) is 10.7. The van der Waals surface area contributed by atoms with Gasteiger partial charge in [-0.25, -0.2) is 4.98 Å². The number of carbonyl (C=O) groups excluding carboxylic acids is 1. The summed E-state index contributed by atoms with van der Waals surface area (Å²) >= 11 is 0. The van der Waals surface area contributed by atoms with Crippen molar-refractivity contribution in [2.75, 3.05) is 11.9 Å². The SMILES string of the molecule is O=C(Nc1ncc[nH]c1=O)C1CCCN1. The lowest BCUT2D eigenvalue weighted by Crippen LogP contribution is -2.37. The Hall–Kier alpha value is -1.69. The van der Waals surface area contributed by atoms with E-state index in [1.54, 1.807) is 0 Å². The lowest BCUT2D eigenvalue weighted by Gasteiger charge is -2.09. The predicted molar refractivity (Wildman–Crippen MR) is 54.5 cm³/mol. The van der Waals surface area contributed by atoms with Gasteiger partial charge in [0.25, 0.3) is 5.56 Å². The number of aromatic amines is 1. The highest BCUT2D eigenvalue weighted by molar-refractivity contribution is 5.94. The average Bonchev–Trinajstić information content (AvgIpc) is 2.74. The molecule has 0 spiro atoms. The van der Waals surface area contributed by atoms with Crippen molar-refractivity contribution in [3.05, 3.63) is 22.7 Å². The number of H-pyrrole nitrogens is 1. The van der Waals surface area contributed by atoms with Crippen molar-refractivity contribution in [2.45, 2.75) is 18.9 Å². The number of carbonyl (C=O) groups is 1. The fraction of sp³-hybridized carbons (Fsp3) is 0.444. The van der Waals surface area contributed by atoms with Crippen LogP contribution in [0.5, 0.6) is 0 Å². The fourth-order valence-corrected chi connectivity index (χ4v) is 1.55. The molecule has 15 heavy (non-hydrogen) atoms. The summed E-state index contributed by atoms with van der Waals surface area (Å²) in [6.45, 7) is 0.844. The first-order chi connectivity index (χ1) is 7.27. The largest absolute Gasteiger partial charge is 0.324 e. The van der Waals surface area contributed by atoms with E-state index in [0.29, 0.717) is 0 Å². The molecule has 6 heteroatoms. The Morgan fingerprint density at radius 1 is 1.60 bits per heavy atom. The number of hydrogen-bond acceptors (Lipinski definition) is 4. The molecule has 2 heterocycles. The first kappa shape index (κ1) is 9.85. The molecular weight excluding hydrogens is 196 g/mol. The van der Waals surface area contributed by atoms with Gasteiger partial charge in [0, 0.05) is 12.4 Å². The first-order valence-corrected chi connectivity index (χ1v) is 4.85. The molecule has 1 atom stereocenters. The maximum absolute atomic E-state index is 11.6. The van der Waals surface area contributed by atoms with Crippen LogP contribution in [0.25, 0.3) is 0 Å². The summed E-state index contributed by atoms with van der Waals surface area (Å²) in [5.41, 5.74) is -0.385. The highest BCUT2D eigenvalue weighted by Crippen LogP contribution is 2.06. The molecule has 6 nitrogen and oxygen atoms in total. The van der Waals surface area contributed by atoms with Gasteiger partial charge in [-0.3, -0.25) is 9.59 Å². The van der Waals surface area contributed by atoms with Crippen LogP contribution in [0.15, 0.2) is 17.2 Å². The Labute approximate surface area is 86.1 Å². The van der Waals surface area contributed by atoms with Crippen LogP contribution < -0.4 is 16.2 Å². The number of amides is 1. The molecule has 0 saturated carbocycles. The van der Waals surface area contributed by atoms with Gasteiger partial charge in [-0.15, -0.1) is 0 Å². The predicted octanol–water partition coefficient (Wildman–Crippen LogP) is -0.540. The minimum absolute atomic E-state index is 0.0520. The topological polar surface area (TPSA) is 86.9 Å². The maximum Gasteiger partial charge on any atom is 0.291 e. The summed E-state index contributed by atoms with van der Waals surface area (Å²) in [6.07, 6.45) is 4.64. The molecule has 1 aromatic heterocycles. The van der Waals surface area contributed by atoms with Gasteiger partial charge < -0.3 is 15.6 Å². The third kappa shape index (κ3) is 2.21. The number of nitrogens with one attached hydrogen (secondary N) is 3. The third-order valence-electron chi connectivity index (χ3n) is 2.33. The Bertz CT molecular complexity index is 409. The minimum Gasteiger partial charge on any atom is -0.324 e. The summed E-state index contributed by atoms with van der Waals surface area (Å²) in [7, 11) is 0. The van der Waals surface area contributed by atoms with E-state index < -0.39 is 0 Å². The molecule has 0 bridgehead atoms. The Balaban J connectivity index is 2.05.